The van der Waals surface area contributed by atoms with Crippen molar-refractivity contribution in [3.63, 3.8) is 0 Å². The molecule has 1 aliphatic rings. The predicted octanol–water partition coefficient (Wildman–Crippen LogP) is 4.12. The zero-order valence-electron chi connectivity index (χ0n) is 11.0. The number of nitrogens with zero attached hydrogens (tertiary/aromatic N) is 1. The third-order valence-corrected chi connectivity index (χ3v) is 4.68. The number of rotatable bonds is 3. The van der Waals surface area contributed by atoms with Gasteiger partial charge in [-0.1, -0.05) is 51.8 Å². The van der Waals surface area contributed by atoms with Gasteiger partial charge in [-0.15, -0.1) is 0 Å². The van der Waals surface area contributed by atoms with Gasteiger partial charge in [0.25, 0.3) is 0 Å². The van der Waals surface area contributed by atoms with Crippen LogP contribution in [0.25, 0.3) is 0 Å². The van der Waals surface area contributed by atoms with E-state index in [1.165, 1.54) is 11.1 Å². The van der Waals surface area contributed by atoms with Crippen molar-refractivity contribution < 1.29 is 0 Å². The van der Waals surface area contributed by atoms with E-state index in [2.05, 4.69) is 51.2 Å². The van der Waals surface area contributed by atoms with Crippen LogP contribution in [-0.4, -0.2) is 11.4 Å². The van der Waals surface area contributed by atoms with Crippen molar-refractivity contribution in [2.45, 2.75) is 19.1 Å². The molecule has 0 aromatic heterocycles. The lowest BCUT2D eigenvalue weighted by Crippen LogP contribution is -2.29. The number of hydrogen-bond donors (Lipinski definition) is 1. The van der Waals surface area contributed by atoms with Crippen molar-refractivity contribution in [3.8, 4) is 0 Å². The number of benzene rings is 2. The van der Waals surface area contributed by atoms with Gasteiger partial charge in [0.2, 0.25) is 0 Å². The van der Waals surface area contributed by atoms with E-state index in [1.807, 2.05) is 12.1 Å². The maximum absolute atomic E-state index is 6.36. The highest BCUT2D eigenvalue weighted by Crippen LogP contribution is 2.34. The Kier molecular flexibility index (Phi) is 4.13. The summed E-state index contributed by atoms with van der Waals surface area (Å²) in [6.45, 7) is 2.42. The second kappa shape index (κ2) is 5.86. The smallest absolute Gasteiger partial charge is 0.0492 e. The fourth-order valence-corrected chi connectivity index (χ4v) is 3.44. The van der Waals surface area contributed by atoms with Gasteiger partial charge in [0, 0.05) is 35.2 Å². The Morgan fingerprint density at radius 2 is 1.80 bits per heavy atom. The van der Waals surface area contributed by atoms with E-state index in [-0.39, 0.29) is 6.04 Å². The van der Waals surface area contributed by atoms with Gasteiger partial charge in [0.05, 0.1) is 0 Å². The molecular weight excluding hydrogens is 336 g/mol. The molecule has 0 fully saturated rings. The Morgan fingerprint density at radius 1 is 1.15 bits per heavy atom. The van der Waals surface area contributed by atoms with Crippen LogP contribution in [0.1, 0.15) is 22.7 Å². The first-order chi connectivity index (χ1) is 9.69. The van der Waals surface area contributed by atoms with Crippen LogP contribution in [0.15, 0.2) is 46.9 Å². The summed E-state index contributed by atoms with van der Waals surface area (Å²) in [5.74, 6) is 0. The van der Waals surface area contributed by atoms with E-state index in [9.17, 15) is 0 Å². The lowest BCUT2D eigenvalue weighted by atomic mass is 10.1. The number of fused-ring (bicyclic) bond motifs is 1. The van der Waals surface area contributed by atoms with Crippen LogP contribution < -0.4 is 5.73 Å². The molecule has 2 aromatic rings. The molecule has 1 heterocycles. The van der Waals surface area contributed by atoms with Crippen LogP contribution >= 0.6 is 27.5 Å². The minimum Gasteiger partial charge on any atom is -0.329 e. The third kappa shape index (κ3) is 2.63. The van der Waals surface area contributed by atoms with Crippen LogP contribution in [0, 0.1) is 0 Å². The SMILES string of the molecule is NCC(c1cc(Br)ccc1Cl)N1Cc2ccccc2C1. The van der Waals surface area contributed by atoms with Crippen molar-refractivity contribution in [3.05, 3.63) is 68.7 Å². The van der Waals surface area contributed by atoms with Crippen molar-refractivity contribution in [1.29, 1.82) is 0 Å². The third-order valence-electron chi connectivity index (χ3n) is 3.85. The van der Waals surface area contributed by atoms with Gasteiger partial charge in [-0.05, 0) is 34.9 Å². The summed E-state index contributed by atoms with van der Waals surface area (Å²) in [5.41, 5.74) is 9.89. The molecule has 1 atom stereocenters. The van der Waals surface area contributed by atoms with Crippen molar-refractivity contribution in [1.82, 2.24) is 4.90 Å². The van der Waals surface area contributed by atoms with Crippen LogP contribution in [0.2, 0.25) is 5.02 Å². The molecule has 0 spiro atoms. The fourth-order valence-electron chi connectivity index (χ4n) is 2.82. The van der Waals surface area contributed by atoms with E-state index in [1.54, 1.807) is 0 Å². The number of halogens is 2. The first-order valence-corrected chi connectivity index (χ1v) is 7.82. The maximum Gasteiger partial charge on any atom is 0.0492 e. The number of hydrogen-bond acceptors (Lipinski definition) is 2. The molecule has 20 heavy (non-hydrogen) atoms. The molecule has 2 nitrogen and oxygen atoms in total. The zero-order valence-corrected chi connectivity index (χ0v) is 13.4. The highest BCUT2D eigenvalue weighted by atomic mass is 79.9. The van der Waals surface area contributed by atoms with Crippen LogP contribution in [-0.2, 0) is 13.1 Å². The Hall–Kier alpha value is -0.870. The second-order valence-corrected chi connectivity index (χ2v) is 6.41. The highest BCUT2D eigenvalue weighted by Gasteiger charge is 2.27. The zero-order chi connectivity index (χ0) is 14.1. The molecule has 0 bridgehead atoms. The minimum absolute atomic E-state index is 0.146. The van der Waals surface area contributed by atoms with Crippen molar-refractivity contribution in [2.24, 2.45) is 5.73 Å². The van der Waals surface area contributed by atoms with E-state index in [0.29, 0.717) is 6.54 Å². The summed E-state index contributed by atoms with van der Waals surface area (Å²) < 4.78 is 1.03. The summed E-state index contributed by atoms with van der Waals surface area (Å²) in [7, 11) is 0. The topological polar surface area (TPSA) is 29.3 Å². The minimum atomic E-state index is 0.146. The summed E-state index contributed by atoms with van der Waals surface area (Å²) in [5, 5.41) is 0.777. The average molecular weight is 352 g/mol. The van der Waals surface area contributed by atoms with Crippen LogP contribution in [0.3, 0.4) is 0 Å². The Bertz CT molecular complexity index is 605. The lowest BCUT2D eigenvalue weighted by molar-refractivity contribution is 0.205. The molecule has 4 heteroatoms. The summed E-state index contributed by atoms with van der Waals surface area (Å²) >= 11 is 9.87. The van der Waals surface area contributed by atoms with E-state index in [0.717, 1.165) is 28.1 Å². The molecule has 0 amide bonds. The molecule has 0 aliphatic carbocycles. The molecule has 0 radical (unpaired) electrons. The van der Waals surface area contributed by atoms with Gasteiger partial charge in [0.1, 0.15) is 0 Å². The molecular formula is C16H16BrClN2. The largest absolute Gasteiger partial charge is 0.329 e. The molecule has 0 saturated carbocycles. The molecule has 1 unspecified atom stereocenters. The summed E-state index contributed by atoms with van der Waals surface area (Å²) in [4.78, 5) is 2.39. The molecule has 3 rings (SSSR count). The van der Waals surface area contributed by atoms with E-state index in [4.69, 9.17) is 17.3 Å². The van der Waals surface area contributed by atoms with Crippen LogP contribution in [0.4, 0.5) is 0 Å². The normalized spacial score (nSPS) is 16.1. The Balaban J connectivity index is 1.91. The molecule has 0 saturated heterocycles. The highest BCUT2D eigenvalue weighted by molar-refractivity contribution is 9.10. The predicted molar refractivity (Wildman–Crippen MR) is 86.6 cm³/mol. The Morgan fingerprint density at radius 3 is 2.40 bits per heavy atom. The standard InChI is InChI=1S/C16H16BrClN2/c17-13-5-6-15(18)14(7-13)16(8-19)20-9-11-3-1-2-4-12(11)10-20/h1-7,16H,8-10,19H2. The lowest BCUT2D eigenvalue weighted by Gasteiger charge is -2.27. The molecule has 2 aromatic carbocycles. The Labute approximate surface area is 132 Å². The van der Waals surface area contributed by atoms with Gasteiger partial charge < -0.3 is 5.73 Å². The van der Waals surface area contributed by atoms with Gasteiger partial charge in [0.15, 0.2) is 0 Å². The monoisotopic (exact) mass is 350 g/mol. The number of nitrogens with two attached hydrogens (primary N) is 1. The van der Waals surface area contributed by atoms with Gasteiger partial charge >= 0.3 is 0 Å². The molecule has 1 aliphatic heterocycles. The average Bonchev–Trinajstić information content (AvgIpc) is 2.87. The first-order valence-electron chi connectivity index (χ1n) is 6.65. The van der Waals surface area contributed by atoms with Gasteiger partial charge in [-0.2, -0.15) is 0 Å². The molecule has 2 N–H and O–H groups in total. The summed E-state index contributed by atoms with van der Waals surface area (Å²) in [6, 6.07) is 14.6. The van der Waals surface area contributed by atoms with Crippen molar-refractivity contribution in [2.75, 3.05) is 6.54 Å². The second-order valence-electron chi connectivity index (χ2n) is 5.09. The van der Waals surface area contributed by atoms with Gasteiger partial charge in [-0.25, -0.2) is 0 Å². The fraction of sp³-hybridized carbons (Fsp3) is 0.250. The quantitative estimate of drug-likeness (QED) is 0.901. The first kappa shape index (κ1) is 14.1. The maximum atomic E-state index is 6.36. The van der Waals surface area contributed by atoms with E-state index < -0.39 is 0 Å². The molecule has 104 valence electrons. The van der Waals surface area contributed by atoms with Crippen LogP contribution in [0.5, 0.6) is 0 Å². The van der Waals surface area contributed by atoms with Gasteiger partial charge in [-0.3, -0.25) is 4.90 Å². The van der Waals surface area contributed by atoms with Crippen molar-refractivity contribution >= 4 is 27.5 Å². The summed E-state index contributed by atoms with van der Waals surface area (Å²) in [6.07, 6.45) is 0. The van der Waals surface area contributed by atoms with E-state index >= 15 is 0 Å².